The number of hydrogen-bond donors (Lipinski definition) is 3. The van der Waals surface area contributed by atoms with Crippen molar-refractivity contribution in [3.63, 3.8) is 0 Å². The van der Waals surface area contributed by atoms with Gasteiger partial charge in [-0.05, 0) is 72.3 Å². The molecule has 4 aromatic carbocycles. The Balaban J connectivity index is 1.30. The predicted octanol–water partition coefficient (Wildman–Crippen LogP) is 7.95. The van der Waals surface area contributed by atoms with Crippen molar-refractivity contribution >= 4 is 58.5 Å². The standard InChI is InChI=1S/C34H25ClFN3O4S/c35-28-20-25(15-18-29(28)36)38-34(42)31(22-8-3-1-4-9-22)44-27-16-13-24(14-17-27)37-33(41)30(21-26-12-7-19-43-26)39-32(40)23-10-5-2-6-11-23/h1-21,31H,(H,37,41)(H,38,42)(H,39,40)/b30-21-. The van der Waals surface area contributed by atoms with E-state index in [9.17, 15) is 18.8 Å². The lowest BCUT2D eigenvalue weighted by Crippen LogP contribution is -2.30. The first-order chi connectivity index (χ1) is 21.4. The lowest BCUT2D eigenvalue weighted by molar-refractivity contribution is -0.116. The van der Waals surface area contributed by atoms with E-state index in [1.54, 1.807) is 66.7 Å². The molecule has 10 heteroatoms. The molecule has 220 valence electrons. The first-order valence-corrected chi connectivity index (χ1v) is 14.6. The smallest absolute Gasteiger partial charge is 0.272 e. The maximum Gasteiger partial charge on any atom is 0.272 e. The van der Waals surface area contributed by atoms with Crippen molar-refractivity contribution in [2.75, 3.05) is 10.6 Å². The van der Waals surface area contributed by atoms with Gasteiger partial charge in [-0.3, -0.25) is 14.4 Å². The normalized spacial score (nSPS) is 11.8. The molecular weight excluding hydrogens is 601 g/mol. The molecule has 1 aromatic heterocycles. The van der Waals surface area contributed by atoms with Crippen molar-refractivity contribution in [3.8, 4) is 0 Å². The van der Waals surface area contributed by atoms with Crippen LogP contribution >= 0.6 is 23.4 Å². The highest BCUT2D eigenvalue weighted by molar-refractivity contribution is 8.00. The average Bonchev–Trinajstić information content (AvgIpc) is 3.56. The number of halogens is 2. The van der Waals surface area contributed by atoms with Gasteiger partial charge in [-0.1, -0.05) is 60.1 Å². The lowest BCUT2D eigenvalue weighted by Gasteiger charge is -2.18. The van der Waals surface area contributed by atoms with Crippen LogP contribution in [0.15, 0.2) is 137 Å². The van der Waals surface area contributed by atoms with Gasteiger partial charge in [0.25, 0.3) is 11.8 Å². The Kier molecular flexibility index (Phi) is 9.91. The molecule has 0 radical (unpaired) electrons. The highest BCUT2D eigenvalue weighted by Crippen LogP contribution is 2.37. The van der Waals surface area contributed by atoms with Crippen LogP contribution in [0.2, 0.25) is 5.02 Å². The molecule has 44 heavy (non-hydrogen) atoms. The minimum absolute atomic E-state index is 0.00559. The zero-order chi connectivity index (χ0) is 30.9. The summed E-state index contributed by atoms with van der Waals surface area (Å²) in [6, 6.07) is 32.1. The fourth-order valence-electron chi connectivity index (χ4n) is 4.09. The van der Waals surface area contributed by atoms with E-state index in [1.165, 1.54) is 42.3 Å². The van der Waals surface area contributed by atoms with Crippen molar-refractivity contribution in [3.05, 3.63) is 155 Å². The van der Waals surface area contributed by atoms with Crippen LogP contribution in [0.4, 0.5) is 15.8 Å². The molecule has 1 heterocycles. The van der Waals surface area contributed by atoms with E-state index in [-0.39, 0.29) is 16.6 Å². The number of thioether (sulfide) groups is 1. The quantitative estimate of drug-likeness (QED) is 0.108. The van der Waals surface area contributed by atoms with Gasteiger partial charge < -0.3 is 20.4 Å². The van der Waals surface area contributed by atoms with Gasteiger partial charge in [0.15, 0.2) is 0 Å². The summed E-state index contributed by atoms with van der Waals surface area (Å²) < 4.78 is 19.0. The molecule has 0 saturated carbocycles. The summed E-state index contributed by atoms with van der Waals surface area (Å²) in [6.45, 7) is 0. The molecule has 0 aliphatic heterocycles. The second-order valence-corrected chi connectivity index (χ2v) is 11.0. The van der Waals surface area contributed by atoms with E-state index in [4.69, 9.17) is 16.0 Å². The van der Waals surface area contributed by atoms with Crippen molar-refractivity contribution in [2.24, 2.45) is 0 Å². The maximum absolute atomic E-state index is 13.6. The summed E-state index contributed by atoms with van der Waals surface area (Å²) in [4.78, 5) is 40.1. The van der Waals surface area contributed by atoms with Crippen LogP contribution in [0, 0.1) is 5.82 Å². The molecule has 0 aliphatic rings. The van der Waals surface area contributed by atoms with E-state index < -0.39 is 22.9 Å². The van der Waals surface area contributed by atoms with Crippen LogP contribution in [-0.4, -0.2) is 17.7 Å². The predicted molar refractivity (Wildman–Crippen MR) is 171 cm³/mol. The summed E-state index contributed by atoms with van der Waals surface area (Å²) in [7, 11) is 0. The summed E-state index contributed by atoms with van der Waals surface area (Å²) in [5.74, 6) is -1.50. The van der Waals surface area contributed by atoms with E-state index in [0.29, 0.717) is 22.7 Å². The number of carbonyl (C=O) groups is 3. The number of benzene rings is 4. The Hall–Kier alpha value is -5.12. The van der Waals surface area contributed by atoms with Gasteiger partial charge in [0.05, 0.1) is 11.3 Å². The van der Waals surface area contributed by atoms with Gasteiger partial charge in [-0.25, -0.2) is 4.39 Å². The molecule has 3 N–H and O–H groups in total. The SMILES string of the molecule is O=C(Nc1ccc(SC(C(=O)Nc2ccc(F)c(Cl)c2)c2ccccc2)cc1)/C(=C/c1ccco1)NC(=O)c1ccccc1. The number of nitrogens with one attached hydrogen (secondary N) is 3. The lowest BCUT2D eigenvalue weighted by atomic mass is 10.1. The van der Waals surface area contributed by atoms with Gasteiger partial charge in [-0.15, -0.1) is 11.8 Å². The number of carbonyl (C=O) groups excluding carboxylic acids is 3. The van der Waals surface area contributed by atoms with Gasteiger partial charge in [-0.2, -0.15) is 0 Å². The Morgan fingerprint density at radius 3 is 2.14 bits per heavy atom. The minimum atomic E-state index is -0.642. The molecule has 0 fully saturated rings. The van der Waals surface area contributed by atoms with Crippen LogP contribution < -0.4 is 16.0 Å². The summed E-state index contributed by atoms with van der Waals surface area (Å²) in [5.41, 5.74) is 2.00. The zero-order valence-corrected chi connectivity index (χ0v) is 24.6. The van der Waals surface area contributed by atoms with Crippen molar-refractivity contribution < 1.29 is 23.2 Å². The number of amides is 3. The van der Waals surface area contributed by atoms with E-state index in [0.717, 1.165) is 10.5 Å². The highest BCUT2D eigenvalue weighted by Gasteiger charge is 2.23. The van der Waals surface area contributed by atoms with Gasteiger partial charge in [0, 0.05) is 27.9 Å². The van der Waals surface area contributed by atoms with Crippen LogP contribution in [-0.2, 0) is 9.59 Å². The second-order valence-electron chi connectivity index (χ2n) is 9.40. The van der Waals surface area contributed by atoms with Crippen LogP contribution in [0.1, 0.15) is 26.9 Å². The Bertz CT molecular complexity index is 1780. The zero-order valence-electron chi connectivity index (χ0n) is 23.0. The molecule has 0 aliphatic carbocycles. The van der Waals surface area contributed by atoms with Crippen LogP contribution in [0.5, 0.6) is 0 Å². The molecule has 5 rings (SSSR count). The van der Waals surface area contributed by atoms with E-state index in [2.05, 4.69) is 16.0 Å². The third-order valence-electron chi connectivity index (χ3n) is 6.25. The molecule has 0 saturated heterocycles. The average molecular weight is 626 g/mol. The largest absolute Gasteiger partial charge is 0.465 e. The molecule has 1 atom stereocenters. The third kappa shape index (κ3) is 8.03. The molecule has 0 bridgehead atoms. The highest BCUT2D eigenvalue weighted by atomic mass is 35.5. The summed E-state index contributed by atoms with van der Waals surface area (Å²) in [5, 5.41) is 7.53. The van der Waals surface area contributed by atoms with Gasteiger partial charge >= 0.3 is 0 Å². The molecule has 0 spiro atoms. The number of hydrogen-bond acceptors (Lipinski definition) is 5. The van der Waals surface area contributed by atoms with E-state index >= 15 is 0 Å². The summed E-state index contributed by atoms with van der Waals surface area (Å²) in [6.07, 6.45) is 2.91. The Labute approximate surface area is 262 Å². The van der Waals surface area contributed by atoms with Crippen molar-refractivity contribution in [1.82, 2.24) is 5.32 Å². The monoisotopic (exact) mass is 625 g/mol. The first kappa shape index (κ1) is 30.3. The Morgan fingerprint density at radius 2 is 1.48 bits per heavy atom. The fourth-order valence-corrected chi connectivity index (χ4v) is 5.30. The van der Waals surface area contributed by atoms with Crippen LogP contribution in [0.3, 0.4) is 0 Å². The van der Waals surface area contributed by atoms with Crippen molar-refractivity contribution in [2.45, 2.75) is 10.1 Å². The molecule has 5 aromatic rings. The molecule has 3 amide bonds. The first-order valence-electron chi connectivity index (χ1n) is 13.4. The molecular formula is C34H25ClFN3O4S. The summed E-state index contributed by atoms with van der Waals surface area (Å²) >= 11 is 7.20. The topological polar surface area (TPSA) is 100 Å². The third-order valence-corrected chi connectivity index (χ3v) is 7.81. The second kappa shape index (κ2) is 14.4. The molecule has 7 nitrogen and oxygen atoms in total. The number of rotatable bonds is 10. The fraction of sp³-hybridized carbons (Fsp3) is 0.0294. The van der Waals surface area contributed by atoms with E-state index in [1.807, 2.05) is 30.3 Å². The maximum atomic E-state index is 13.6. The minimum Gasteiger partial charge on any atom is -0.465 e. The van der Waals surface area contributed by atoms with Gasteiger partial charge in [0.1, 0.15) is 22.5 Å². The van der Waals surface area contributed by atoms with Gasteiger partial charge in [0.2, 0.25) is 5.91 Å². The Morgan fingerprint density at radius 1 is 0.795 bits per heavy atom. The number of anilines is 2. The van der Waals surface area contributed by atoms with Crippen molar-refractivity contribution in [1.29, 1.82) is 0 Å². The van der Waals surface area contributed by atoms with Crippen LogP contribution in [0.25, 0.3) is 6.08 Å². The molecule has 1 unspecified atom stereocenters. The number of furan rings is 1.